The fourth-order valence-electron chi connectivity index (χ4n) is 2.39. The summed E-state index contributed by atoms with van der Waals surface area (Å²) in [6, 6.07) is 0. The van der Waals surface area contributed by atoms with Crippen molar-refractivity contribution in [2.45, 2.75) is 32.2 Å². The lowest BCUT2D eigenvalue weighted by Crippen LogP contribution is -2.44. The molecule has 1 aliphatic carbocycles. The molecule has 0 aliphatic heterocycles. The Labute approximate surface area is 101 Å². The van der Waals surface area contributed by atoms with Crippen LogP contribution in [0.2, 0.25) is 0 Å². The van der Waals surface area contributed by atoms with Crippen LogP contribution in [0.15, 0.2) is 6.33 Å². The van der Waals surface area contributed by atoms with E-state index in [1.165, 1.54) is 0 Å². The average molecular weight is 237 g/mol. The van der Waals surface area contributed by atoms with Crippen molar-refractivity contribution in [1.82, 2.24) is 20.1 Å². The summed E-state index contributed by atoms with van der Waals surface area (Å²) in [7, 11) is 1.86. The van der Waals surface area contributed by atoms with Crippen molar-refractivity contribution in [2.75, 3.05) is 6.54 Å². The first-order chi connectivity index (χ1) is 8.18. The Balaban J connectivity index is 1.95. The fraction of sp³-hybridized carbons (Fsp3) is 0.727. The van der Waals surface area contributed by atoms with E-state index in [2.05, 4.69) is 15.5 Å². The van der Waals surface area contributed by atoms with Gasteiger partial charge in [-0.1, -0.05) is 12.8 Å². The van der Waals surface area contributed by atoms with Gasteiger partial charge in [0.05, 0.1) is 12.0 Å². The zero-order valence-electron chi connectivity index (χ0n) is 10.1. The Hall–Kier alpha value is -1.43. The molecule has 1 amide bonds. The van der Waals surface area contributed by atoms with Crippen molar-refractivity contribution in [1.29, 1.82) is 0 Å². The summed E-state index contributed by atoms with van der Waals surface area (Å²) in [6.45, 7) is 0.842. The molecular formula is C11H19N5O. The Bertz CT molecular complexity index is 394. The molecule has 0 unspecified atom stereocenters. The first-order valence-corrected chi connectivity index (χ1v) is 5.99. The maximum Gasteiger partial charge on any atom is 0.227 e. The molecule has 0 radical (unpaired) electrons. The van der Waals surface area contributed by atoms with Gasteiger partial charge in [0.25, 0.3) is 0 Å². The van der Waals surface area contributed by atoms with Crippen molar-refractivity contribution in [2.24, 2.45) is 18.2 Å². The van der Waals surface area contributed by atoms with E-state index in [-0.39, 0.29) is 11.3 Å². The van der Waals surface area contributed by atoms with Gasteiger partial charge in [0.1, 0.15) is 6.33 Å². The van der Waals surface area contributed by atoms with E-state index in [1.807, 2.05) is 7.05 Å². The molecule has 3 N–H and O–H groups in total. The van der Waals surface area contributed by atoms with E-state index in [4.69, 9.17) is 5.73 Å². The smallest absolute Gasteiger partial charge is 0.227 e. The third-order valence-electron chi connectivity index (χ3n) is 3.65. The predicted octanol–water partition coefficient (Wildman–Crippen LogP) is -0.0496. The number of hydrogen-bond donors (Lipinski definition) is 2. The van der Waals surface area contributed by atoms with E-state index in [1.54, 1.807) is 10.9 Å². The fourth-order valence-corrected chi connectivity index (χ4v) is 2.39. The molecule has 6 nitrogen and oxygen atoms in total. The van der Waals surface area contributed by atoms with Gasteiger partial charge in [-0.3, -0.25) is 4.79 Å². The third-order valence-corrected chi connectivity index (χ3v) is 3.65. The quantitative estimate of drug-likeness (QED) is 0.768. The van der Waals surface area contributed by atoms with Crippen LogP contribution in [0.3, 0.4) is 0 Å². The molecule has 1 aliphatic rings. The van der Waals surface area contributed by atoms with Gasteiger partial charge in [-0.05, 0) is 12.8 Å². The maximum absolute atomic E-state index is 12.2. The van der Waals surface area contributed by atoms with Gasteiger partial charge in [-0.25, -0.2) is 0 Å². The average Bonchev–Trinajstić information content (AvgIpc) is 2.95. The van der Waals surface area contributed by atoms with Gasteiger partial charge in [0.15, 0.2) is 5.82 Å². The van der Waals surface area contributed by atoms with Crippen LogP contribution in [0.1, 0.15) is 31.5 Å². The van der Waals surface area contributed by atoms with E-state index in [0.29, 0.717) is 13.1 Å². The molecule has 2 rings (SSSR count). The summed E-state index contributed by atoms with van der Waals surface area (Å²) in [4.78, 5) is 12.2. The van der Waals surface area contributed by atoms with Crippen LogP contribution in [-0.2, 0) is 18.4 Å². The first-order valence-electron chi connectivity index (χ1n) is 5.99. The summed E-state index contributed by atoms with van der Waals surface area (Å²) >= 11 is 0. The molecule has 0 aromatic carbocycles. The molecular weight excluding hydrogens is 218 g/mol. The number of nitrogens with two attached hydrogens (primary N) is 1. The van der Waals surface area contributed by atoms with Crippen molar-refractivity contribution >= 4 is 5.91 Å². The highest BCUT2D eigenvalue weighted by atomic mass is 16.2. The number of aromatic nitrogens is 3. The minimum Gasteiger partial charge on any atom is -0.348 e. The molecule has 0 atom stereocenters. The van der Waals surface area contributed by atoms with Crippen molar-refractivity contribution in [3.63, 3.8) is 0 Å². The minimum atomic E-state index is -0.349. The van der Waals surface area contributed by atoms with Gasteiger partial charge < -0.3 is 15.6 Å². The van der Waals surface area contributed by atoms with Crippen LogP contribution in [-0.4, -0.2) is 27.2 Å². The summed E-state index contributed by atoms with van der Waals surface area (Å²) in [5.41, 5.74) is 5.41. The first kappa shape index (κ1) is 12.0. The highest BCUT2D eigenvalue weighted by molar-refractivity contribution is 5.83. The molecule has 1 aromatic heterocycles. The normalized spacial score (nSPS) is 18.2. The predicted molar refractivity (Wildman–Crippen MR) is 62.8 cm³/mol. The van der Waals surface area contributed by atoms with Crippen molar-refractivity contribution in [3.05, 3.63) is 12.2 Å². The molecule has 1 aromatic rings. The monoisotopic (exact) mass is 237 g/mol. The largest absolute Gasteiger partial charge is 0.348 e. The van der Waals surface area contributed by atoms with E-state index in [0.717, 1.165) is 31.5 Å². The number of carbonyl (C=O) groups excluding carboxylic acids is 1. The van der Waals surface area contributed by atoms with Gasteiger partial charge >= 0.3 is 0 Å². The second-order valence-electron chi connectivity index (χ2n) is 4.73. The number of nitrogens with one attached hydrogen (secondary N) is 1. The van der Waals surface area contributed by atoms with Gasteiger partial charge in [0, 0.05) is 13.6 Å². The van der Waals surface area contributed by atoms with Crippen LogP contribution in [0.5, 0.6) is 0 Å². The lowest BCUT2D eigenvalue weighted by molar-refractivity contribution is -0.130. The molecule has 0 saturated heterocycles. The summed E-state index contributed by atoms with van der Waals surface area (Å²) in [6.07, 6.45) is 5.60. The number of nitrogens with zero attached hydrogens (tertiary/aromatic N) is 3. The Morgan fingerprint density at radius 2 is 2.29 bits per heavy atom. The molecule has 0 bridgehead atoms. The van der Waals surface area contributed by atoms with Crippen LogP contribution in [0, 0.1) is 5.41 Å². The number of rotatable bonds is 4. The highest BCUT2D eigenvalue weighted by Gasteiger charge is 2.39. The van der Waals surface area contributed by atoms with Gasteiger partial charge in [-0.2, -0.15) is 0 Å². The van der Waals surface area contributed by atoms with Crippen LogP contribution in [0.4, 0.5) is 0 Å². The number of hydrogen-bond acceptors (Lipinski definition) is 4. The summed E-state index contributed by atoms with van der Waals surface area (Å²) < 4.78 is 1.80. The van der Waals surface area contributed by atoms with E-state index >= 15 is 0 Å². The van der Waals surface area contributed by atoms with Gasteiger partial charge in [0.2, 0.25) is 5.91 Å². The lowest BCUT2D eigenvalue weighted by atomic mass is 9.85. The molecule has 1 fully saturated rings. The molecule has 0 spiro atoms. The topological polar surface area (TPSA) is 85.8 Å². The van der Waals surface area contributed by atoms with Crippen molar-refractivity contribution < 1.29 is 4.79 Å². The van der Waals surface area contributed by atoms with Crippen LogP contribution in [0.25, 0.3) is 0 Å². The molecule has 1 heterocycles. The van der Waals surface area contributed by atoms with E-state index < -0.39 is 0 Å². The van der Waals surface area contributed by atoms with Gasteiger partial charge in [-0.15, -0.1) is 10.2 Å². The minimum absolute atomic E-state index is 0.0560. The summed E-state index contributed by atoms with van der Waals surface area (Å²) in [5, 5.41) is 10.6. The van der Waals surface area contributed by atoms with E-state index in [9.17, 15) is 4.79 Å². The number of carbonyl (C=O) groups is 1. The second-order valence-corrected chi connectivity index (χ2v) is 4.73. The zero-order chi connectivity index (χ0) is 12.3. The number of aryl methyl sites for hydroxylation is 1. The third kappa shape index (κ3) is 2.31. The van der Waals surface area contributed by atoms with Crippen LogP contribution >= 0.6 is 0 Å². The number of amides is 1. The Morgan fingerprint density at radius 3 is 2.82 bits per heavy atom. The Kier molecular flexibility index (Phi) is 3.42. The summed E-state index contributed by atoms with van der Waals surface area (Å²) in [5.74, 6) is 0.809. The zero-order valence-corrected chi connectivity index (χ0v) is 10.1. The SMILES string of the molecule is Cn1cnnc1CNC(=O)C1(CN)CCCC1. The molecule has 17 heavy (non-hydrogen) atoms. The lowest BCUT2D eigenvalue weighted by Gasteiger charge is -2.25. The molecule has 6 heteroatoms. The Morgan fingerprint density at radius 1 is 1.59 bits per heavy atom. The standard InChI is InChI=1S/C11H19N5O/c1-16-8-14-15-9(16)6-13-10(17)11(7-12)4-2-3-5-11/h8H,2-7,12H2,1H3,(H,13,17). The van der Waals surface area contributed by atoms with Crippen molar-refractivity contribution in [3.8, 4) is 0 Å². The molecule has 94 valence electrons. The highest BCUT2D eigenvalue weighted by Crippen LogP contribution is 2.37. The maximum atomic E-state index is 12.2. The van der Waals surface area contributed by atoms with Crippen LogP contribution < -0.4 is 11.1 Å². The second kappa shape index (κ2) is 4.83. The molecule has 1 saturated carbocycles.